The molecule has 4 N–H and O–H groups in total. The molecule has 0 unspecified atom stereocenters. The van der Waals surface area contributed by atoms with Crippen molar-refractivity contribution >= 4 is 34.6 Å². The van der Waals surface area contributed by atoms with Gasteiger partial charge in [-0.05, 0) is 35.4 Å². The third-order valence-electron chi connectivity index (χ3n) is 2.35. The molecule has 0 spiro atoms. The fraction of sp³-hybridized carbons (Fsp3) is 0. The summed E-state index contributed by atoms with van der Waals surface area (Å²) < 4.78 is 0. The van der Waals surface area contributed by atoms with Crippen LogP contribution >= 0.6 is 23.2 Å². The van der Waals surface area contributed by atoms with Crippen LogP contribution < -0.4 is 11.5 Å². The molecule has 0 amide bonds. The van der Waals surface area contributed by atoms with Crippen molar-refractivity contribution in [3.8, 4) is 0 Å². The minimum atomic E-state index is 0.124. The van der Waals surface area contributed by atoms with E-state index < -0.39 is 0 Å². The first kappa shape index (κ1) is 12.7. The molecule has 92 valence electrons. The number of hydrogen-bond acceptors (Lipinski definition) is 4. The van der Waals surface area contributed by atoms with E-state index >= 15 is 0 Å². The molecule has 0 aliphatic carbocycles. The predicted octanol–water partition coefficient (Wildman–Crippen LogP) is 2.53. The normalized spacial score (nSPS) is 12.1. The molecule has 0 saturated heterocycles. The van der Waals surface area contributed by atoms with E-state index in [1.54, 1.807) is 30.3 Å². The highest BCUT2D eigenvalue weighted by molar-refractivity contribution is 6.30. The van der Waals surface area contributed by atoms with Crippen LogP contribution in [-0.2, 0) is 0 Å². The zero-order chi connectivity index (χ0) is 13.1. The molecule has 0 fully saturated rings. The Hall–Kier alpha value is -1.78. The predicted molar refractivity (Wildman–Crippen MR) is 73.7 cm³/mol. The largest absolute Gasteiger partial charge is 0.397 e. The summed E-state index contributed by atoms with van der Waals surface area (Å²) in [6.45, 7) is 0. The van der Waals surface area contributed by atoms with Crippen LogP contribution in [0.3, 0.4) is 0 Å². The highest BCUT2D eigenvalue weighted by atomic mass is 35.5. The van der Waals surface area contributed by atoms with E-state index in [4.69, 9.17) is 34.7 Å². The third kappa shape index (κ3) is 2.72. The number of benzene rings is 1. The topological polar surface area (TPSA) is 77.8 Å². The van der Waals surface area contributed by atoms with Gasteiger partial charge in [-0.1, -0.05) is 23.7 Å². The van der Waals surface area contributed by atoms with Gasteiger partial charge >= 0.3 is 0 Å². The molecule has 0 atom stereocenters. The van der Waals surface area contributed by atoms with E-state index in [2.05, 4.69) is 9.97 Å². The molecule has 6 heteroatoms. The van der Waals surface area contributed by atoms with E-state index in [-0.39, 0.29) is 5.28 Å². The fourth-order valence-corrected chi connectivity index (χ4v) is 1.68. The Morgan fingerprint density at radius 3 is 2.22 bits per heavy atom. The highest BCUT2D eigenvalue weighted by Gasteiger charge is 2.07. The Morgan fingerprint density at radius 1 is 0.944 bits per heavy atom. The third-order valence-corrected chi connectivity index (χ3v) is 2.78. The maximum Gasteiger partial charge on any atom is 0.222 e. The Labute approximate surface area is 114 Å². The van der Waals surface area contributed by atoms with Gasteiger partial charge in [-0.3, -0.25) is 0 Å². The molecule has 0 aliphatic heterocycles. The van der Waals surface area contributed by atoms with Crippen LogP contribution in [0.25, 0.3) is 11.4 Å². The number of rotatable bonds is 2. The van der Waals surface area contributed by atoms with Crippen molar-refractivity contribution in [3.05, 3.63) is 58.1 Å². The molecular formula is C12H10Cl2N4. The Bertz CT molecular complexity index is 593. The van der Waals surface area contributed by atoms with Gasteiger partial charge in [-0.25, -0.2) is 9.97 Å². The van der Waals surface area contributed by atoms with Crippen molar-refractivity contribution in [1.82, 2.24) is 9.97 Å². The Balaban J connectivity index is 2.44. The quantitative estimate of drug-likeness (QED) is 0.829. The van der Waals surface area contributed by atoms with Crippen molar-refractivity contribution < 1.29 is 0 Å². The maximum atomic E-state index is 5.98. The second-order valence-electron chi connectivity index (χ2n) is 3.55. The van der Waals surface area contributed by atoms with Crippen molar-refractivity contribution in [3.63, 3.8) is 0 Å². The lowest BCUT2D eigenvalue weighted by Gasteiger charge is -2.07. The number of nitrogens with two attached hydrogens (primary N) is 2. The summed E-state index contributed by atoms with van der Waals surface area (Å²) in [5.41, 5.74) is 14.0. The van der Waals surface area contributed by atoms with Gasteiger partial charge in [0.15, 0.2) is 0 Å². The molecule has 1 aromatic carbocycles. The average molecular weight is 281 g/mol. The van der Waals surface area contributed by atoms with E-state index in [1.807, 2.05) is 0 Å². The number of aromatic nitrogens is 2. The Morgan fingerprint density at radius 2 is 1.61 bits per heavy atom. The molecule has 0 radical (unpaired) electrons. The molecule has 0 aliphatic rings. The molecular weight excluding hydrogens is 271 g/mol. The van der Waals surface area contributed by atoms with Crippen LogP contribution in [0, 0.1) is 0 Å². The average Bonchev–Trinajstić information content (AvgIpc) is 2.38. The smallest absolute Gasteiger partial charge is 0.222 e. The number of halogens is 2. The van der Waals surface area contributed by atoms with E-state index in [9.17, 15) is 0 Å². The van der Waals surface area contributed by atoms with Gasteiger partial charge in [0, 0.05) is 11.2 Å². The lowest BCUT2D eigenvalue weighted by atomic mass is 10.1. The van der Waals surface area contributed by atoms with E-state index in [0.29, 0.717) is 22.1 Å². The monoisotopic (exact) mass is 280 g/mol. The van der Waals surface area contributed by atoms with Crippen molar-refractivity contribution in [2.45, 2.75) is 0 Å². The van der Waals surface area contributed by atoms with Crippen LogP contribution in [0.15, 0.2) is 36.5 Å². The van der Waals surface area contributed by atoms with Gasteiger partial charge in [0.1, 0.15) is 0 Å². The zero-order valence-corrected chi connectivity index (χ0v) is 10.8. The van der Waals surface area contributed by atoms with E-state index in [0.717, 1.165) is 5.56 Å². The van der Waals surface area contributed by atoms with Crippen LogP contribution in [0.1, 0.15) is 11.3 Å². The van der Waals surface area contributed by atoms with Gasteiger partial charge in [-0.2, -0.15) is 0 Å². The van der Waals surface area contributed by atoms with E-state index in [1.165, 1.54) is 6.20 Å². The van der Waals surface area contributed by atoms with Gasteiger partial charge in [0.2, 0.25) is 5.28 Å². The lowest BCUT2D eigenvalue weighted by Crippen LogP contribution is -2.09. The lowest BCUT2D eigenvalue weighted by molar-refractivity contribution is 1.13. The van der Waals surface area contributed by atoms with Gasteiger partial charge < -0.3 is 11.5 Å². The second kappa shape index (κ2) is 5.25. The van der Waals surface area contributed by atoms with Crippen LogP contribution in [-0.4, -0.2) is 9.97 Å². The maximum absolute atomic E-state index is 5.98. The molecule has 2 rings (SSSR count). The Kier molecular flexibility index (Phi) is 3.69. The first-order chi connectivity index (χ1) is 8.58. The van der Waals surface area contributed by atoms with Crippen molar-refractivity contribution in [2.24, 2.45) is 11.5 Å². The van der Waals surface area contributed by atoms with Gasteiger partial charge in [0.25, 0.3) is 0 Å². The molecule has 4 nitrogen and oxygen atoms in total. The molecule has 18 heavy (non-hydrogen) atoms. The van der Waals surface area contributed by atoms with Crippen LogP contribution in [0.2, 0.25) is 10.3 Å². The van der Waals surface area contributed by atoms with Gasteiger partial charge in [0.05, 0.1) is 17.1 Å². The molecule has 0 saturated carbocycles. The molecule has 0 bridgehead atoms. The minimum Gasteiger partial charge on any atom is -0.397 e. The summed E-state index contributed by atoms with van der Waals surface area (Å²) in [7, 11) is 0. The highest BCUT2D eigenvalue weighted by Crippen LogP contribution is 2.19. The van der Waals surface area contributed by atoms with Crippen LogP contribution in [0.4, 0.5) is 0 Å². The summed E-state index contributed by atoms with van der Waals surface area (Å²) in [4.78, 5) is 7.79. The summed E-state index contributed by atoms with van der Waals surface area (Å²) in [6.07, 6.45) is 1.52. The zero-order valence-electron chi connectivity index (χ0n) is 9.27. The van der Waals surface area contributed by atoms with Crippen LogP contribution in [0.5, 0.6) is 0 Å². The first-order valence-corrected chi connectivity index (χ1v) is 5.83. The minimum absolute atomic E-state index is 0.124. The standard InChI is InChI=1S/C12H10Cl2N4/c13-8-3-1-7(2-4-8)10(15)11(16)9-5-6-17-12(14)18-9/h1-6H,15-16H2/b11-10-. The molecule has 2 aromatic rings. The first-order valence-electron chi connectivity index (χ1n) is 5.08. The SMILES string of the molecule is N/C(=C(\N)c1ccnc(Cl)n1)c1ccc(Cl)cc1. The summed E-state index contributed by atoms with van der Waals surface area (Å²) in [5.74, 6) is 0. The summed E-state index contributed by atoms with van der Waals surface area (Å²) in [6, 6.07) is 8.69. The summed E-state index contributed by atoms with van der Waals surface area (Å²) in [5, 5.41) is 0.759. The van der Waals surface area contributed by atoms with Crippen molar-refractivity contribution in [2.75, 3.05) is 0 Å². The number of hydrogen-bond donors (Lipinski definition) is 2. The fourth-order valence-electron chi connectivity index (χ4n) is 1.41. The van der Waals surface area contributed by atoms with Crippen molar-refractivity contribution in [1.29, 1.82) is 0 Å². The molecule has 1 aromatic heterocycles. The number of nitrogens with zero attached hydrogens (tertiary/aromatic N) is 2. The second-order valence-corrected chi connectivity index (χ2v) is 4.32. The molecule has 1 heterocycles. The van der Waals surface area contributed by atoms with Gasteiger partial charge in [-0.15, -0.1) is 0 Å². The summed E-state index contributed by atoms with van der Waals surface area (Å²) >= 11 is 11.5.